The van der Waals surface area contributed by atoms with Gasteiger partial charge in [-0.2, -0.15) is 13.2 Å². The molecular weight excluding hydrogens is 559 g/mol. The van der Waals surface area contributed by atoms with Crippen LogP contribution in [0, 0.1) is 0 Å². The molecule has 0 fully saturated rings. The number of anilines is 4. The molecule has 12 heteroatoms. The number of nitrogens with one attached hydrogen (secondary N) is 2. The molecule has 2 aromatic carbocycles. The highest BCUT2D eigenvalue weighted by atomic mass is 19.4. The number of amides is 2. The Hall–Kier alpha value is -5.13. The molecule has 0 atom stereocenters. The summed E-state index contributed by atoms with van der Waals surface area (Å²) in [6.45, 7) is 5.61. The minimum atomic E-state index is -4.57. The molecule has 0 spiro atoms. The summed E-state index contributed by atoms with van der Waals surface area (Å²) in [6, 6.07) is 15.2. The Kier molecular flexibility index (Phi) is 10.7. The number of amidine groups is 1. The van der Waals surface area contributed by atoms with Gasteiger partial charge in [0.15, 0.2) is 5.84 Å². The number of nitrogens with zero attached hydrogens (tertiary/aromatic N) is 4. The van der Waals surface area contributed by atoms with Crippen LogP contribution in [-0.2, 0) is 11.0 Å². The van der Waals surface area contributed by atoms with Gasteiger partial charge in [-0.25, -0.2) is 9.98 Å². The number of rotatable bonds is 10. The van der Waals surface area contributed by atoms with Gasteiger partial charge < -0.3 is 21.3 Å². The summed E-state index contributed by atoms with van der Waals surface area (Å²) in [4.78, 5) is 36.9. The van der Waals surface area contributed by atoms with E-state index in [1.165, 1.54) is 17.0 Å². The topological polar surface area (TPSA) is 116 Å². The lowest BCUT2D eigenvalue weighted by Crippen LogP contribution is -2.38. The molecular formula is C31H34F3N7O2. The molecule has 0 unspecified atom stereocenters. The highest BCUT2D eigenvalue weighted by Crippen LogP contribution is 2.30. The zero-order valence-corrected chi connectivity index (χ0v) is 24.5. The third kappa shape index (κ3) is 8.22. The van der Waals surface area contributed by atoms with Crippen molar-refractivity contribution in [2.45, 2.75) is 33.4 Å². The SMILES string of the molecule is CC/C(C)=C/N=C(/C(=C(\C)N)N(C)c1ccc(C(=O)Nc2cc(C(F)(F)F)ccn2)cc1)N(C=O)c1cccc(NC)c1. The second-order valence-corrected chi connectivity index (χ2v) is 9.58. The maximum Gasteiger partial charge on any atom is 0.416 e. The van der Waals surface area contributed by atoms with Crippen molar-refractivity contribution >= 4 is 41.0 Å². The zero-order chi connectivity index (χ0) is 31.7. The van der Waals surface area contributed by atoms with Crippen LogP contribution >= 0.6 is 0 Å². The second kappa shape index (κ2) is 14.2. The van der Waals surface area contributed by atoms with Gasteiger partial charge in [-0.1, -0.05) is 18.6 Å². The van der Waals surface area contributed by atoms with Crippen molar-refractivity contribution < 1.29 is 22.8 Å². The molecule has 9 nitrogen and oxygen atoms in total. The van der Waals surface area contributed by atoms with Crippen LogP contribution in [0.2, 0.25) is 0 Å². The van der Waals surface area contributed by atoms with Gasteiger partial charge in [0.1, 0.15) is 11.5 Å². The predicted molar refractivity (Wildman–Crippen MR) is 165 cm³/mol. The molecule has 0 aliphatic heterocycles. The van der Waals surface area contributed by atoms with Gasteiger partial charge >= 0.3 is 6.18 Å². The Bertz CT molecular complexity index is 1540. The molecule has 0 aliphatic carbocycles. The molecule has 0 radical (unpaired) electrons. The van der Waals surface area contributed by atoms with Crippen LogP contribution in [0.25, 0.3) is 0 Å². The Balaban J connectivity index is 1.97. The van der Waals surface area contributed by atoms with Gasteiger partial charge in [-0.05, 0) is 74.9 Å². The maximum absolute atomic E-state index is 13.0. The molecule has 3 rings (SSSR count). The largest absolute Gasteiger partial charge is 0.416 e. The van der Waals surface area contributed by atoms with Crippen LogP contribution in [0.15, 0.2) is 95.0 Å². The number of benzene rings is 2. The van der Waals surface area contributed by atoms with Gasteiger partial charge in [-0.3, -0.25) is 14.5 Å². The number of carbonyl (C=O) groups excluding carboxylic acids is 2. The first-order valence-electron chi connectivity index (χ1n) is 13.3. The summed E-state index contributed by atoms with van der Waals surface area (Å²) in [5, 5.41) is 5.45. The van der Waals surface area contributed by atoms with E-state index < -0.39 is 17.6 Å². The van der Waals surface area contributed by atoms with Crippen molar-refractivity contribution in [2.75, 3.05) is 34.5 Å². The lowest BCUT2D eigenvalue weighted by Gasteiger charge is -2.29. The van der Waals surface area contributed by atoms with Crippen LogP contribution in [-0.4, -0.2) is 37.2 Å². The van der Waals surface area contributed by atoms with E-state index in [2.05, 4.69) is 20.6 Å². The Morgan fingerprint density at radius 3 is 2.35 bits per heavy atom. The quantitative estimate of drug-likeness (QED) is 0.142. The molecule has 0 saturated carbocycles. The molecule has 2 amide bonds. The van der Waals surface area contributed by atoms with Crippen molar-refractivity contribution in [1.29, 1.82) is 0 Å². The number of aliphatic imine (C=N–C) groups is 1. The first kappa shape index (κ1) is 32.4. The van der Waals surface area contributed by atoms with E-state index in [-0.39, 0.29) is 17.2 Å². The van der Waals surface area contributed by atoms with Gasteiger partial charge in [-0.15, -0.1) is 0 Å². The van der Waals surface area contributed by atoms with Gasteiger partial charge in [0.2, 0.25) is 6.41 Å². The molecule has 1 heterocycles. The fraction of sp³-hybridized carbons (Fsp3) is 0.226. The normalized spacial score (nSPS) is 12.7. The predicted octanol–water partition coefficient (Wildman–Crippen LogP) is 6.40. The molecule has 0 aliphatic rings. The summed E-state index contributed by atoms with van der Waals surface area (Å²) in [6.07, 6.45) is -0.492. The number of aromatic nitrogens is 1. The highest BCUT2D eigenvalue weighted by Gasteiger charge is 2.31. The van der Waals surface area contributed by atoms with Crippen LogP contribution in [0.5, 0.6) is 0 Å². The number of pyridine rings is 1. The Morgan fingerprint density at radius 1 is 1.07 bits per heavy atom. The molecule has 0 bridgehead atoms. The summed E-state index contributed by atoms with van der Waals surface area (Å²) in [5.74, 6) is -0.584. The summed E-state index contributed by atoms with van der Waals surface area (Å²) >= 11 is 0. The number of halogens is 3. The zero-order valence-electron chi connectivity index (χ0n) is 24.5. The van der Waals surface area contributed by atoms with Gasteiger partial charge in [0.05, 0.1) is 11.3 Å². The fourth-order valence-corrected chi connectivity index (χ4v) is 3.96. The maximum atomic E-state index is 13.0. The minimum Gasteiger partial charge on any atom is -0.400 e. The first-order chi connectivity index (χ1) is 20.4. The van der Waals surface area contributed by atoms with Crippen molar-refractivity contribution in [3.8, 4) is 0 Å². The highest BCUT2D eigenvalue weighted by molar-refractivity contribution is 6.20. The van der Waals surface area contributed by atoms with Gasteiger partial charge in [0, 0.05) is 49.1 Å². The standard InChI is InChI=1S/C31H34F3N7O2/c1-6-20(2)18-38-29(41(19-42)26-9-7-8-24(17-26)36-4)28(21(3)35)40(5)25-12-10-22(11-13-25)30(43)39-27-16-23(14-15-37-27)31(32,33)34/h7-19,36H,6,35H2,1-5H3,(H,37,39,43)/b20-18+,28-21-,38-29-. The van der Waals surface area contributed by atoms with E-state index in [0.29, 0.717) is 29.2 Å². The monoisotopic (exact) mass is 593 g/mol. The lowest BCUT2D eigenvalue weighted by molar-refractivity contribution is -0.137. The molecule has 0 saturated heterocycles. The number of likely N-dealkylation sites (N-methyl/N-ethyl adjacent to an activating group) is 1. The summed E-state index contributed by atoms with van der Waals surface area (Å²) in [5.41, 5.74) is 9.40. The van der Waals surface area contributed by atoms with E-state index >= 15 is 0 Å². The second-order valence-electron chi connectivity index (χ2n) is 9.58. The third-order valence-corrected chi connectivity index (χ3v) is 6.48. The molecule has 3 aromatic rings. The third-order valence-electron chi connectivity index (χ3n) is 6.48. The van der Waals surface area contributed by atoms with Crippen molar-refractivity contribution in [2.24, 2.45) is 10.7 Å². The van der Waals surface area contributed by atoms with Crippen LogP contribution in [0.1, 0.15) is 43.1 Å². The van der Waals surface area contributed by atoms with E-state index in [1.54, 1.807) is 56.4 Å². The number of hydrogen-bond donors (Lipinski definition) is 3. The molecule has 43 heavy (non-hydrogen) atoms. The number of allylic oxidation sites excluding steroid dienone is 2. The van der Waals surface area contributed by atoms with E-state index in [4.69, 9.17) is 5.73 Å². The fourth-order valence-electron chi connectivity index (χ4n) is 3.96. The van der Waals surface area contributed by atoms with E-state index in [0.717, 1.165) is 36.0 Å². The van der Waals surface area contributed by atoms with Crippen LogP contribution in [0.4, 0.5) is 36.1 Å². The van der Waals surface area contributed by atoms with Crippen molar-refractivity contribution in [3.05, 3.63) is 101 Å². The molecule has 1 aromatic heterocycles. The van der Waals surface area contributed by atoms with Gasteiger partial charge in [0.25, 0.3) is 5.91 Å². The molecule has 4 N–H and O–H groups in total. The average Bonchev–Trinajstić information content (AvgIpc) is 2.99. The number of nitrogens with two attached hydrogens (primary N) is 1. The van der Waals surface area contributed by atoms with Crippen molar-refractivity contribution in [3.63, 3.8) is 0 Å². The first-order valence-corrected chi connectivity index (χ1v) is 13.3. The Morgan fingerprint density at radius 2 is 1.77 bits per heavy atom. The number of alkyl halides is 3. The number of carbonyl (C=O) groups is 2. The summed E-state index contributed by atoms with van der Waals surface area (Å²) < 4.78 is 39.1. The Labute approximate surface area is 248 Å². The van der Waals surface area contributed by atoms with Crippen LogP contribution in [0.3, 0.4) is 0 Å². The van der Waals surface area contributed by atoms with E-state index in [1.807, 2.05) is 26.0 Å². The minimum absolute atomic E-state index is 0.195. The average molecular weight is 594 g/mol. The summed E-state index contributed by atoms with van der Waals surface area (Å²) in [7, 11) is 3.52. The van der Waals surface area contributed by atoms with Crippen molar-refractivity contribution in [1.82, 2.24) is 4.98 Å². The molecule has 226 valence electrons. The number of hydrogen-bond acceptors (Lipinski definition) is 7. The lowest BCUT2D eigenvalue weighted by atomic mass is 10.1. The van der Waals surface area contributed by atoms with Crippen LogP contribution < -0.4 is 26.2 Å². The smallest absolute Gasteiger partial charge is 0.400 e. The van der Waals surface area contributed by atoms with E-state index in [9.17, 15) is 22.8 Å².